The predicted molar refractivity (Wildman–Crippen MR) is 78.0 cm³/mol. The summed E-state index contributed by atoms with van der Waals surface area (Å²) < 4.78 is 15.3. The second-order valence-electron chi connectivity index (χ2n) is 5.56. The number of hydrogen-bond donors (Lipinski definition) is 1. The lowest BCUT2D eigenvalue weighted by molar-refractivity contribution is 0.324. The van der Waals surface area contributed by atoms with Gasteiger partial charge in [0.2, 0.25) is 0 Å². The molecule has 1 saturated heterocycles. The zero-order valence-corrected chi connectivity index (χ0v) is 12.1. The monoisotopic (exact) mass is 293 g/mol. The second-order valence-corrected chi connectivity index (χ2v) is 5.97. The van der Waals surface area contributed by atoms with Crippen LogP contribution >= 0.6 is 11.6 Å². The van der Waals surface area contributed by atoms with Gasteiger partial charge in [0.1, 0.15) is 5.82 Å². The normalized spacial score (nSPS) is 18.1. The van der Waals surface area contributed by atoms with Gasteiger partial charge in [0.05, 0.1) is 11.3 Å². The highest BCUT2D eigenvalue weighted by Gasteiger charge is 2.32. The number of piperidine rings is 1. The van der Waals surface area contributed by atoms with Crippen LogP contribution in [0.2, 0.25) is 5.02 Å². The molecule has 5 heteroatoms. The number of benzene rings is 1. The summed E-state index contributed by atoms with van der Waals surface area (Å²) >= 11 is 5.88. The fourth-order valence-electron chi connectivity index (χ4n) is 2.82. The van der Waals surface area contributed by atoms with Gasteiger partial charge >= 0.3 is 0 Å². The van der Waals surface area contributed by atoms with E-state index in [0.29, 0.717) is 0 Å². The number of rotatable bonds is 2. The van der Waals surface area contributed by atoms with Crippen LogP contribution in [0.3, 0.4) is 0 Å². The summed E-state index contributed by atoms with van der Waals surface area (Å²) in [6, 6.07) is 4.77. The number of aromatic nitrogens is 2. The quantitative estimate of drug-likeness (QED) is 0.921. The molecule has 1 aromatic heterocycles. The van der Waals surface area contributed by atoms with Crippen LogP contribution < -0.4 is 5.32 Å². The van der Waals surface area contributed by atoms with Crippen LogP contribution in [0.25, 0.3) is 5.69 Å². The fourth-order valence-corrected chi connectivity index (χ4v) is 2.99. The Morgan fingerprint density at radius 2 is 2.10 bits per heavy atom. The summed E-state index contributed by atoms with van der Waals surface area (Å²) in [6.45, 7) is 4.27. The topological polar surface area (TPSA) is 29.9 Å². The molecule has 1 N–H and O–H groups in total. The minimum Gasteiger partial charge on any atom is -0.317 e. The third-order valence-electron chi connectivity index (χ3n) is 4.15. The van der Waals surface area contributed by atoms with E-state index in [9.17, 15) is 4.39 Å². The van der Waals surface area contributed by atoms with Crippen LogP contribution in [0, 0.1) is 5.82 Å². The fraction of sp³-hybridized carbons (Fsp3) is 0.400. The van der Waals surface area contributed by atoms with E-state index in [1.165, 1.54) is 6.07 Å². The van der Waals surface area contributed by atoms with Crippen molar-refractivity contribution in [1.29, 1.82) is 0 Å². The maximum absolute atomic E-state index is 13.3. The van der Waals surface area contributed by atoms with E-state index in [0.717, 1.165) is 37.3 Å². The largest absolute Gasteiger partial charge is 0.317 e. The Bertz CT molecular complexity index is 617. The van der Waals surface area contributed by atoms with Crippen molar-refractivity contribution in [2.45, 2.75) is 25.2 Å². The van der Waals surface area contributed by atoms with Crippen molar-refractivity contribution in [2.75, 3.05) is 13.1 Å². The lowest BCUT2D eigenvalue weighted by atomic mass is 9.78. The van der Waals surface area contributed by atoms with Crippen molar-refractivity contribution in [3.05, 3.63) is 47.3 Å². The van der Waals surface area contributed by atoms with Crippen LogP contribution in [0.5, 0.6) is 0 Å². The van der Waals surface area contributed by atoms with Crippen LogP contribution in [0.15, 0.2) is 30.7 Å². The third-order valence-corrected chi connectivity index (χ3v) is 4.43. The first-order valence-electron chi connectivity index (χ1n) is 6.79. The van der Waals surface area contributed by atoms with Gasteiger partial charge in [-0.15, -0.1) is 0 Å². The second kappa shape index (κ2) is 5.19. The Kier molecular flexibility index (Phi) is 3.52. The average Bonchev–Trinajstić information content (AvgIpc) is 2.93. The SMILES string of the molecule is CC1(c2cncn2-c2ccc(F)c(Cl)c2)CCNCC1. The molecule has 2 heterocycles. The van der Waals surface area contributed by atoms with Crippen molar-refractivity contribution in [3.63, 3.8) is 0 Å². The van der Waals surface area contributed by atoms with Gasteiger partial charge in [-0.2, -0.15) is 0 Å². The Balaban J connectivity index is 2.03. The van der Waals surface area contributed by atoms with Gasteiger partial charge in [-0.25, -0.2) is 9.37 Å². The van der Waals surface area contributed by atoms with Crippen LogP contribution in [-0.4, -0.2) is 22.6 Å². The average molecular weight is 294 g/mol. The van der Waals surface area contributed by atoms with Gasteiger partial charge in [0.25, 0.3) is 0 Å². The van der Waals surface area contributed by atoms with Crippen molar-refractivity contribution >= 4 is 11.6 Å². The summed E-state index contributed by atoms with van der Waals surface area (Å²) in [4.78, 5) is 4.28. The Morgan fingerprint density at radius 1 is 1.35 bits per heavy atom. The minimum atomic E-state index is -0.398. The van der Waals surface area contributed by atoms with Crippen LogP contribution in [-0.2, 0) is 5.41 Å². The number of halogens is 2. The van der Waals surface area contributed by atoms with Gasteiger partial charge in [0.15, 0.2) is 0 Å². The molecule has 0 radical (unpaired) electrons. The maximum Gasteiger partial charge on any atom is 0.141 e. The lowest BCUT2D eigenvalue weighted by Gasteiger charge is -2.34. The van der Waals surface area contributed by atoms with Gasteiger partial charge in [-0.3, -0.25) is 0 Å². The number of nitrogens with zero attached hydrogens (tertiary/aromatic N) is 2. The van der Waals surface area contributed by atoms with E-state index in [-0.39, 0.29) is 10.4 Å². The molecule has 3 nitrogen and oxygen atoms in total. The van der Waals surface area contributed by atoms with Crippen LogP contribution in [0.4, 0.5) is 4.39 Å². The first kappa shape index (κ1) is 13.6. The molecule has 0 atom stereocenters. The third kappa shape index (κ3) is 2.34. The summed E-state index contributed by atoms with van der Waals surface area (Å²) in [6.07, 6.45) is 5.80. The molecule has 0 spiro atoms. The molecule has 0 unspecified atom stereocenters. The smallest absolute Gasteiger partial charge is 0.141 e. The number of hydrogen-bond acceptors (Lipinski definition) is 2. The lowest BCUT2D eigenvalue weighted by Crippen LogP contribution is -2.38. The molecule has 1 aliphatic heterocycles. The van der Waals surface area contributed by atoms with Crippen molar-refractivity contribution in [2.24, 2.45) is 0 Å². The molecular formula is C15H17ClFN3. The summed E-state index contributed by atoms with van der Waals surface area (Å²) in [5.41, 5.74) is 2.09. The molecule has 1 aromatic carbocycles. The molecule has 0 aliphatic carbocycles. The molecule has 2 aromatic rings. The van der Waals surface area contributed by atoms with Crippen molar-refractivity contribution in [1.82, 2.24) is 14.9 Å². The Hall–Kier alpha value is -1.39. The molecule has 106 valence electrons. The Morgan fingerprint density at radius 3 is 2.80 bits per heavy atom. The van der Waals surface area contributed by atoms with Gasteiger partial charge in [0, 0.05) is 23.0 Å². The zero-order valence-electron chi connectivity index (χ0n) is 11.4. The summed E-state index contributed by atoms with van der Waals surface area (Å²) in [5, 5.41) is 3.51. The van der Waals surface area contributed by atoms with E-state index in [2.05, 4.69) is 17.2 Å². The van der Waals surface area contributed by atoms with Gasteiger partial charge < -0.3 is 9.88 Å². The molecular weight excluding hydrogens is 277 g/mol. The maximum atomic E-state index is 13.3. The first-order chi connectivity index (χ1) is 9.60. The van der Waals surface area contributed by atoms with E-state index in [4.69, 9.17) is 11.6 Å². The van der Waals surface area contributed by atoms with Crippen molar-refractivity contribution < 1.29 is 4.39 Å². The number of nitrogens with one attached hydrogen (secondary N) is 1. The van der Waals surface area contributed by atoms with E-state index in [1.54, 1.807) is 18.5 Å². The van der Waals surface area contributed by atoms with Crippen LogP contribution in [0.1, 0.15) is 25.5 Å². The highest BCUT2D eigenvalue weighted by molar-refractivity contribution is 6.30. The molecule has 20 heavy (non-hydrogen) atoms. The predicted octanol–water partition coefficient (Wildman–Crippen LogP) is 3.31. The molecule has 0 saturated carbocycles. The Labute approximate surface area is 122 Å². The molecule has 0 amide bonds. The molecule has 3 rings (SSSR count). The summed E-state index contributed by atoms with van der Waals surface area (Å²) in [5.74, 6) is -0.398. The van der Waals surface area contributed by atoms with E-state index < -0.39 is 5.82 Å². The standard InChI is InChI=1S/C15H17ClFN3/c1-15(4-6-18-7-5-15)14-9-19-10-20(14)11-2-3-13(17)12(16)8-11/h2-3,8-10,18H,4-7H2,1H3. The number of imidazole rings is 1. The summed E-state index contributed by atoms with van der Waals surface area (Å²) in [7, 11) is 0. The minimum absolute atomic E-state index is 0.0859. The molecule has 1 aliphatic rings. The van der Waals surface area contributed by atoms with Gasteiger partial charge in [-0.05, 0) is 44.1 Å². The zero-order chi connectivity index (χ0) is 14.2. The first-order valence-corrected chi connectivity index (χ1v) is 7.17. The van der Waals surface area contributed by atoms with E-state index in [1.807, 2.05) is 10.8 Å². The van der Waals surface area contributed by atoms with E-state index >= 15 is 0 Å². The highest BCUT2D eigenvalue weighted by atomic mass is 35.5. The van der Waals surface area contributed by atoms with Crippen molar-refractivity contribution in [3.8, 4) is 5.69 Å². The highest BCUT2D eigenvalue weighted by Crippen LogP contribution is 2.34. The molecule has 1 fully saturated rings. The molecule has 0 bridgehead atoms. The van der Waals surface area contributed by atoms with Gasteiger partial charge in [-0.1, -0.05) is 18.5 Å².